The van der Waals surface area contributed by atoms with Crippen molar-refractivity contribution in [2.45, 2.75) is 10.6 Å². The molecule has 2 aromatic carbocycles. The summed E-state index contributed by atoms with van der Waals surface area (Å²) in [6.45, 7) is 0. The van der Waals surface area contributed by atoms with Gasteiger partial charge in [-0.25, -0.2) is 8.42 Å². The first kappa shape index (κ1) is 14.2. The van der Waals surface area contributed by atoms with Gasteiger partial charge in [-0.15, -0.1) is 0 Å². The van der Waals surface area contributed by atoms with E-state index in [0.29, 0.717) is 21.3 Å². The van der Waals surface area contributed by atoms with E-state index in [1.807, 2.05) is 0 Å². The minimum Gasteiger partial charge on any atom is -0.398 e. The molecule has 0 saturated heterocycles. The third kappa shape index (κ3) is 3.21. The minimum absolute atomic E-state index is 0.152. The van der Waals surface area contributed by atoms with Crippen molar-refractivity contribution in [3.8, 4) is 0 Å². The minimum atomic E-state index is -3.53. The van der Waals surface area contributed by atoms with Crippen molar-refractivity contribution in [2.24, 2.45) is 0 Å². The maximum Gasteiger partial charge on any atom is 0.182 e. The Morgan fingerprint density at radius 2 is 1.74 bits per heavy atom. The number of sulfone groups is 1. The molecule has 0 saturated carbocycles. The summed E-state index contributed by atoms with van der Waals surface area (Å²) in [6, 6.07) is 11.0. The first-order valence-corrected chi connectivity index (χ1v) is 7.82. The van der Waals surface area contributed by atoms with Crippen molar-refractivity contribution < 1.29 is 8.42 Å². The fraction of sp³-hybridized carbons (Fsp3) is 0.0769. The number of hydrogen-bond donors (Lipinski definition) is 1. The zero-order chi connectivity index (χ0) is 14.0. The normalized spacial score (nSPS) is 11.5. The number of rotatable bonds is 3. The Balaban J connectivity index is 2.42. The Kier molecular flexibility index (Phi) is 4.04. The van der Waals surface area contributed by atoms with Gasteiger partial charge in [-0.05, 0) is 30.3 Å². The number of nitrogens with two attached hydrogens (primary N) is 1. The topological polar surface area (TPSA) is 60.2 Å². The number of halogens is 2. The van der Waals surface area contributed by atoms with Crippen LogP contribution >= 0.6 is 23.2 Å². The molecular formula is C13H11Cl2NO2S. The Hall–Kier alpha value is -1.23. The summed E-state index contributed by atoms with van der Waals surface area (Å²) in [7, 11) is -3.53. The van der Waals surface area contributed by atoms with Gasteiger partial charge in [0.1, 0.15) is 0 Å². The van der Waals surface area contributed by atoms with Crippen molar-refractivity contribution in [3.63, 3.8) is 0 Å². The van der Waals surface area contributed by atoms with Gasteiger partial charge in [0.05, 0.1) is 10.6 Å². The standard InChI is InChI=1S/C13H11Cl2NO2S/c14-9-3-1-4-10(7-9)19(17,18)8-11-12(15)5-2-6-13(11)16/h1-7H,8,16H2. The molecule has 0 aromatic heterocycles. The highest BCUT2D eigenvalue weighted by atomic mass is 35.5. The first-order valence-electron chi connectivity index (χ1n) is 5.41. The van der Waals surface area contributed by atoms with Gasteiger partial charge in [-0.2, -0.15) is 0 Å². The van der Waals surface area contributed by atoms with Gasteiger partial charge in [0, 0.05) is 21.3 Å². The average molecular weight is 316 g/mol. The predicted molar refractivity (Wildman–Crippen MR) is 78.2 cm³/mol. The second-order valence-corrected chi connectivity index (χ2v) is 6.86. The fourth-order valence-electron chi connectivity index (χ4n) is 1.66. The Morgan fingerprint density at radius 3 is 2.37 bits per heavy atom. The largest absolute Gasteiger partial charge is 0.398 e. The molecule has 0 aliphatic rings. The maximum absolute atomic E-state index is 12.3. The highest BCUT2D eigenvalue weighted by Gasteiger charge is 2.19. The zero-order valence-corrected chi connectivity index (χ0v) is 12.1. The lowest BCUT2D eigenvalue weighted by atomic mass is 10.2. The summed E-state index contributed by atoms with van der Waals surface area (Å²) >= 11 is 11.8. The number of benzene rings is 2. The van der Waals surface area contributed by atoms with E-state index in [4.69, 9.17) is 28.9 Å². The van der Waals surface area contributed by atoms with Crippen LogP contribution in [0.2, 0.25) is 10.0 Å². The van der Waals surface area contributed by atoms with E-state index in [-0.39, 0.29) is 10.6 Å². The maximum atomic E-state index is 12.3. The lowest BCUT2D eigenvalue weighted by molar-refractivity contribution is 0.595. The van der Waals surface area contributed by atoms with Crippen molar-refractivity contribution in [3.05, 3.63) is 58.1 Å². The Bertz CT molecular complexity index is 694. The van der Waals surface area contributed by atoms with Crippen LogP contribution in [0.4, 0.5) is 5.69 Å². The monoisotopic (exact) mass is 315 g/mol. The summed E-state index contributed by atoms with van der Waals surface area (Å²) in [5.74, 6) is -0.251. The van der Waals surface area contributed by atoms with Gasteiger partial charge in [0.2, 0.25) is 0 Å². The van der Waals surface area contributed by atoms with Crippen LogP contribution in [0, 0.1) is 0 Å². The van der Waals surface area contributed by atoms with Crippen molar-refractivity contribution >= 4 is 38.7 Å². The van der Waals surface area contributed by atoms with Crippen LogP contribution in [0.1, 0.15) is 5.56 Å². The second-order valence-electron chi connectivity index (χ2n) is 4.02. The van der Waals surface area contributed by atoms with Crippen LogP contribution in [0.15, 0.2) is 47.4 Å². The number of hydrogen-bond acceptors (Lipinski definition) is 3. The molecule has 2 rings (SSSR count). The van der Waals surface area contributed by atoms with Crippen LogP contribution < -0.4 is 5.73 Å². The molecule has 2 aromatic rings. The van der Waals surface area contributed by atoms with E-state index in [9.17, 15) is 8.42 Å². The van der Waals surface area contributed by atoms with Crippen LogP contribution in [0.5, 0.6) is 0 Å². The van der Waals surface area contributed by atoms with Gasteiger partial charge >= 0.3 is 0 Å². The summed E-state index contributed by atoms with van der Waals surface area (Å²) in [5, 5.41) is 0.707. The smallest absolute Gasteiger partial charge is 0.182 e. The lowest BCUT2D eigenvalue weighted by Gasteiger charge is -2.09. The third-order valence-electron chi connectivity index (χ3n) is 2.64. The summed E-state index contributed by atoms with van der Waals surface area (Å²) in [5.41, 5.74) is 6.53. The molecule has 2 N–H and O–H groups in total. The van der Waals surface area contributed by atoms with E-state index < -0.39 is 9.84 Å². The summed E-state index contributed by atoms with van der Waals surface area (Å²) < 4.78 is 24.6. The predicted octanol–water partition coefficient (Wildman–Crippen LogP) is 3.55. The van der Waals surface area contributed by atoms with Crippen LogP contribution in [0.3, 0.4) is 0 Å². The molecule has 0 spiro atoms. The van der Waals surface area contributed by atoms with Gasteiger partial charge in [0.15, 0.2) is 9.84 Å². The van der Waals surface area contributed by atoms with Crippen molar-refractivity contribution in [1.82, 2.24) is 0 Å². The van der Waals surface area contributed by atoms with Gasteiger partial charge in [0.25, 0.3) is 0 Å². The molecule has 0 heterocycles. The van der Waals surface area contributed by atoms with Gasteiger partial charge in [-0.1, -0.05) is 35.3 Å². The van der Waals surface area contributed by atoms with E-state index >= 15 is 0 Å². The van der Waals surface area contributed by atoms with E-state index in [1.165, 1.54) is 12.1 Å². The molecule has 19 heavy (non-hydrogen) atoms. The third-order valence-corrected chi connectivity index (χ3v) is 4.87. The quantitative estimate of drug-likeness (QED) is 0.881. The van der Waals surface area contributed by atoms with E-state index in [2.05, 4.69) is 0 Å². The SMILES string of the molecule is Nc1cccc(Cl)c1CS(=O)(=O)c1cccc(Cl)c1. The lowest BCUT2D eigenvalue weighted by Crippen LogP contribution is -2.07. The molecule has 0 atom stereocenters. The highest BCUT2D eigenvalue weighted by molar-refractivity contribution is 7.90. The molecular weight excluding hydrogens is 305 g/mol. The molecule has 0 amide bonds. The Morgan fingerprint density at radius 1 is 1.05 bits per heavy atom. The molecule has 6 heteroatoms. The molecule has 0 bridgehead atoms. The number of anilines is 1. The number of nitrogen functional groups attached to an aromatic ring is 1. The first-order chi connectivity index (χ1) is 8.90. The molecule has 0 radical (unpaired) electrons. The molecule has 0 aliphatic heterocycles. The van der Waals surface area contributed by atoms with Crippen LogP contribution in [-0.2, 0) is 15.6 Å². The van der Waals surface area contributed by atoms with Crippen LogP contribution in [0.25, 0.3) is 0 Å². The molecule has 0 fully saturated rings. The van der Waals surface area contributed by atoms with Gasteiger partial charge in [-0.3, -0.25) is 0 Å². The van der Waals surface area contributed by atoms with E-state index in [1.54, 1.807) is 30.3 Å². The highest BCUT2D eigenvalue weighted by Crippen LogP contribution is 2.27. The summed E-state index contributed by atoms with van der Waals surface area (Å²) in [6.07, 6.45) is 0. The second kappa shape index (κ2) is 5.41. The molecule has 3 nitrogen and oxygen atoms in total. The average Bonchev–Trinajstić information content (AvgIpc) is 2.34. The fourth-order valence-corrected chi connectivity index (χ4v) is 3.71. The zero-order valence-electron chi connectivity index (χ0n) is 9.81. The van der Waals surface area contributed by atoms with Crippen molar-refractivity contribution in [1.29, 1.82) is 0 Å². The molecule has 100 valence electrons. The molecule has 0 aliphatic carbocycles. The van der Waals surface area contributed by atoms with Crippen molar-refractivity contribution in [2.75, 3.05) is 5.73 Å². The van der Waals surface area contributed by atoms with Crippen LogP contribution in [-0.4, -0.2) is 8.42 Å². The Labute approximate surface area is 121 Å². The molecule has 0 unspecified atom stereocenters. The summed E-state index contributed by atoms with van der Waals surface area (Å²) in [4.78, 5) is 0.152. The van der Waals surface area contributed by atoms with E-state index in [0.717, 1.165) is 0 Å². The van der Waals surface area contributed by atoms with Gasteiger partial charge < -0.3 is 5.73 Å².